The van der Waals surface area contributed by atoms with Crippen molar-refractivity contribution < 1.29 is 4.74 Å². The third kappa shape index (κ3) is 3.41. The van der Waals surface area contributed by atoms with Gasteiger partial charge in [0.2, 0.25) is 0 Å². The zero-order chi connectivity index (χ0) is 13.8. The quantitative estimate of drug-likeness (QED) is 0.899. The molecular formula is C16H27N3O. The molecule has 0 amide bonds. The zero-order valence-electron chi connectivity index (χ0n) is 12.6. The van der Waals surface area contributed by atoms with E-state index in [-0.39, 0.29) is 5.60 Å². The summed E-state index contributed by atoms with van der Waals surface area (Å²) in [7, 11) is 0. The molecule has 20 heavy (non-hydrogen) atoms. The third-order valence-electron chi connectivity index (χ3n) is 4.82. The first-order chi connectivity index (χ1) is 9.76. The smallest absolute Gasteiger partial charge is 0.0708 e. The van der Waals surface area contributed by atoms with Gasteiger partial charge in [-0.2, -0.15) is 5.10 Å². The van der Waals surface area contributed by atoms with E-state index >= 15 is 0 Å². The van der Waals surface area contributed by atoms with Crippen molar-refractivity contribution in [2.24, 2.45) is 0 Å². The van der Waals surface area contributed by atoms with Gasteiger partial charge in [-0.3, -0.25) is 4.68 Å². The summed E-state index contributed by atoms with van der Waals surface area (Å²) in [5.74, 6) is 0. The summed E-state index contributed by atoms with van der Waals surface area (Å²) in [5.41, 5.74) is 0.246. The van der Waals surface area contributed by atoms with E-state index in [1.165, 1.54) is 44.9 Å². The van der Waals surface area contributed by atoms with Crippen molar-refractivity contribution in [1.82, 2.24) is 15.1 Å². The molecule has 0 bridgehead atoms. The summed E-state index contributed by atoms with van der Waals surface area (Å²) in [6, 6.07) is 2.40. The molecule has 1 aliphatic carbocycles. The Hall–Kier alpha value is -0.870. The fourth-order valence-electron chi connectivity index (χ4n) is 3.69. The number of nitrogens with zero attached hydrogens (tertiary/aromatic N) is 2. The first-order valence-corrected chi connectivity index (χ1v) is 8.14. The highest BCUT2D eigenvalue weighted by atomic mass is 16.5. The molecule has 1 saturated heterocycles. The minimum atomic E-state index is 0.246. The number of hydrogen-bond donors (Lipinski definition) is 1. The van der Waals surface area contributed by atoms with Crippen molar-refractivity contribution in [1.29, 1.82) is 0 Å². The predicted molar refractivity (Wildman–Crippen MR) is 79.6 cm³/mol. The molecule has 2 unspecified atom stereocenters. The van der Waals surface area contributed by atoms with Crippen LogP contribution in [0.1, 0.15) is 51.9 Å². The maximum atomic E-state index is 6.39. The Labute approximate surface area is 121 Å². The lowest BCUT2D eigenvalue weighted by Crippen LogP contribution is -2.38. The number of ether oxygens (including phenoxy) is 1. The molecule has 112 valence electrons. The Morgan fingerprint density at radius 2 is 2.20 bits per heavy atom. The topological polar surface area (TPSA) is 39.1 Å². The Morgan fingerprint density at radius 1 is 1.35 bits per heavy atom. The van der Waals surface area contributed by atoms with Gasteiger partial charge in [0.25, 0.3) is 0 Å². The van der Waals surface area contributed by atoms with Crippen LogP contribution in [0.4, 0.5) is 0 Å². The molecule has 2 atom stereocenters. The van der Waals surface area contributed by atoms with Gasteiger partial charge in [-0.05, 0) is 38.7 Å². The number of aromatic nitrogens is 2. The first kappa shape index (κ1) is 14.1. The van der Waals surface area contributed by atoms with Crippen molar-refractivity contribution >= 4 is 0 Å². The van der Waals surface area contributed by atoms with Crippen LogP contribution in [-0.4, -0.2) is 34.1 Å². The number of nitrogens with one attached hydrogen (secondary N) is 1. The lowest BCUT2D eigenvalue weighted by atomic mass is 9.83. The van der Waals surface area contributed by atoms with Crippen molar-refractivity contribution in [3.05, 3.63) is 18.5 Å². The van der Waals surface area contributed by atoms with E-state index in [0.29, 0.717) is 12.1 Å². The summed E-state index contributed by atoms with van der Waals surface area (Å²) in [6.45, 7) is 4.11. The second kappa shape index (κ2) is 6.27. The molecule has 2 heterocycles. The first-order valence-electron chi connectivity index (χ1n) is 8.14. The molecule has 1 aliphatic heterocycles. The van der Waals surface area contributed by atoms with E-state index in [1.54, 1.807) is 0 Å². The lowest BCUT2D eigenvalue weighted by molar-refractivity contribution is -0.0629. The summed E-state index contributed by atoms with van der Waals surface area (Å²) >= 11 is 0. The van der Waals surface area contributed by atoms with E-state index in [9.17, 15) is 0 Å². The number of hydrogen-bond acceptors (Lipinski definition) is 3. The van der Waals surface area contributed by atoms with Crippen LogP contribution in [-0.2, 0) is 11.3 Å². The third-order valence-corrected chi connectivity index (χ3v) is 4.82. The molecule has 1 aromatic heterocycles. The van der Waals surface area contributed by atoms with Crippen molar-refractivity contribution in [3.8, 4) is 0 Å². The molecule has 1 spiro atoms. The average molecular weight is 277 g/mol. The standard InChI is InChI=1S/C16H27N3O/c1-14(13-19-11-5-10-18-19)17-12-15-6-9-16(20-15)7-3-2-4-8-16/h5,10-11,14-15,17H,2-4,6-9,12-13H2,1H3. The molecule has 2 fully saturated rings. The van der Waals surface area contributed by atoms with Gasteiger partial charge in [0.1, 0.15) is 0 Å². The van der Waals surface area contributed by atoms with E-state index in [4.69, 9.17) is 4.74 Å². The minimum Gasteiger partial charge on any atom is -0.370 e. The van der Waals surface area contributed by atoms with Gasteiger partial charge in [-0.1, -0.05) is 19.3 Å². The van der Waals surface area contributed by atoms with Crippen molar-refractivity contribution in [2.45, 2.75) is 76.2 Å². The van der Waals surface area contributed by atoms with Crippen LogP contribution in [0.15, 0.2) is 18.5 Å². The molecule has 4 heteroatoms. The van der Waals surface area contributed by atoms with Gasteiger partial charge < -0.3 is 10.1 Å². The average Bonchev–Trinajstić information content (AvgIpc) is 3.08. The van der Waals surface area contributed by atoms with Gasteiger partial charge in [0, 0.05) is 25.0 Å². The Balaban J connectivity index is 1.41. The van der Waals surface area contributed by atoms with Gasteiger partial charge in [-0.25, -0.2) is 0 Å². The molecule has 1 N–H and O–H groups in total. The van der Waals surface area contributed by atoms with E-state index in [1.807, 2.05) is 23.1 Å². The fraction of sp³-hybridized carbons (Fsp3) is 0.812. The van der Waals surface area contributed by atoms with Crippen molar-refractivity contribution in [3.63, 3.8) is 0 Å². The molecule has 2 aliphatic rings. The fourth-order valence-corrected chi connectivity index (χ4v) is 3.69. The van der Waals surface area contributed by atoms with E-state index in [0.717, 1.165) is 13.1 Å². The SMILES string of the molecule is CC(Cn1cccn1)NCC1CCC2(CCCCC2)O1. The second-order valence-corrected chi connectivity index (χ2v) is 6.56. The second-order valence-electron chi connectivity index (χ2n) is 6.56. The largest absolute Gasteiger partial charge is 0.370 e. The van der Waals surface area contributed by atoms with Crippen molar-refractivity contribution in [2.75, 3.05) is 6.54 Å². The van der Waals surface area contributed by atoms with Gasteiger partial charge in [0.05, 0.1) is 18.2 Å². The number of rotatable bonds is 5. The van der Waals surface area contributed by atoms with Crippen LogP contribution >= 0.6 is 0 Å². The van der Waals surface area contributed by atoms with Gasteiger partial charge in [-0.15, -0.1) is 0 Å². The Kier molecular flexibility index (Phi) is 4.41. The molecule has 4 nitrogen and oxygen atoms in total. The summed E-state index contributed by atoms with van der Waals surface area (Å²) in [4.78, 5) is 0. The van der Waals surface area contributed by atoms with Crippen LogP contribution < -0.4 is 5.32 Å². The molecular weight excluding hydrogens is 250 g/mol. The van der Waals surface area contributed by atoms with Gasteiger partial charge >= 0.3 is 0 Å². The molecule has 0 aromatic carbocycles. The maximum Gasteiger partial charge on any atom is 0.0708 e. The summed E-state index contributed by atoms with van der Waals surface area (Å²) in [6.07, 6.45) is 13.4. The molecule has 3 rings (SSSR count). The summed E-state index contributed by atoms with van der Waals surface area (Å²) < 4.78 is 8.37. The zero-order valence-corrected chi connectivity index (χ0v) is 12.6. The molecule has 0 radical (unpaired) electrons. The van der Waals surface area contributed by atoms with Crippen LogP contribution in [0.2, 0.25) is 0 Å². The van der Waals surface area contributed by atoms with Crippen LogP contribution in [0.25, 0.3) is 0 Å². The highest BCUT2D eigenvalue weighted by Crippen LogP contribution is 2.41. The molecule has 1 aromatic rings. The van der Waals surface area contributed by atoms with Crippen LogP contribution in [0.5, 0.6) is 0 Å². The van der Waals surface area contributed by atoms with Gasteiger partial charge in [0.15, 0.2) is 0 Å². The normalized spacial score (nSPS) is 26.9. The van der Waals surface area contributed by atoms with Crippen LogP contribution in [0, 0.1) is 0 Å². The van der Waals surface area contributed by atoms with Crippen LogP contribution in [0.3, 0.4) is 0 Å². The summed E-state index contributed by atoms with van der Waals surface area (Å²) in [5, 5.41) is 7.85. The Morgan fingerprint density at radius 3 is 2.95 bits per heavy atom. The monoisotopic (exact) mass is 277 g/mol. The highest BCUT2D eigenvalue weighted by molar-refractivity contribution is 4.92. The van der Waals surface area contributed by atoms with E-state index < -0.39 is 0 Å². The highest BCUT2D eigenvalue weighted by Gasteiger charge is 2.40. The van der Waals surface area contributed by atoms with E-state index in [2.05, 4.69) is 17.3 Å². The molecule has 1 saturated carbocycles. The lowest BCUT2D eigenvalue weighted by Gasteiger charge is -2.33. The predicted octanol–water partition coefficient (Wildman–Crippen LogP) is 2.74. The maximum absolute atomic E-state index is 6.39. The Bertz CT molecular complexity index is 398. The minimum absolute atomic E-state index is 0.246.